The molecule has 0 aliphatic carbocycles. The molecule has 1 aliphatic rings. The predicted molar refractivity (Wildman–Crippen MR) is 51.4 cm³/mol. The van der Waals surface area contributed by atoms with Crippen LogP contribution in [-0.4, -0.2) is 34.8 Å². The molecule has 1 N–H and O–H groups in total. The number of carboxylic acids is 1. The molecule has 0 amide bonds. The van der Waals surface area contributed by atoms with Gasteiger partial charge in [-0.3, -0.25) is 0 Å². The highest BCUT2D eigenvalue weighted by Crippen LogP contribution is 2.20. The van der Waals surface area contributed by atoms with E-state index in [2.05, 4.69) is 4.98 Å². The van der Waals surface area contributed by atoms with E-state index in [9.17, 15) is 13.2 Å². The number of aromatic nitrogens is 2. The molecule has 0 fully saturated rings. The molecule has 0 atom stereocenters. The Morgan fingerprint density at radius 2 is 2.20 bits per heavy atom. The van der Waals surface area contributed by atoms with Crippen molar-refractivity contribution in [3.8, 4) is 0 Å². The van der Waals surface area contributed by atoms with Crippen molar-refractivity contribution in [3.05, 3.63) is 17.2 Å². The van der Waals surface area contributed by atoms with Gasteiger partial charge in [-0.2, -0.15) is 0 Å². The van der Waals surface area contributed by atoms with E-state index in [4.69, 9.17) is 5.11 Å². The first kappa shape index (κ1) is 10.2. The number of carbonyl (C=O) groups is 1. The number of sulfone groups is 1. The molecule has 6 nitrogen and oxygen atoms in total. The van der Waals surface area contributed by atoms with Crippen LogP contribution in [-0.2, 0) is 29.1 Å². The summed E-state index contributed by atoms with van der Waals surface area (Å²) in [6.07, 6.45) is 0.304. The number of nitrogens with zero attached hydrogens (tertiary/aromatic N) is 2. The van der Waals surface area contributed by atoms with Gasteiger partial charge in [-0.25, -0.2) is 18.2 Å². The highest BCUT2D eigenvalue weighted by Gasteiger charge is 2.28. The molecule has 7 heteroatoms. The summed E-state index contributed by atoms with van der Waals surface area (Å²) in [6.45, 7) is 0. The molecular weight excluding hydrogens is 220 g/mol. The minimum Gasteiger partial charge on any atom is -0.475 e. The van der Waals surface area contributed by atoms with Crippen molar-refractivity contribution >= 4 is 15.8 Å². The van der Waals surface area contributed by atoms with Gasteiger partial charge in [-0.1, -0.05) is 0 Å². The summed E-state index contributed by atoms with van der Waals surface area (Å²) < 4.78 is 24.1. The van der Waals surface area contributed by atoms with Crippen LogP contribution < -0.4 is 0 Å². The first-order valence-electron chi connectivity index (χ1n) is 4.39. The fraction of sp³-hybridized carbons (Fsp3) is 0.500. The zero-order valence-electron chi connectivity index (χ0n) is 8.10. The van der Waals surface area contributed by atoms with Crippen molar-refractivity contribution in [2.45, 2.75) is 12.2 Å². The standard InChI is InChI=1S/C8H10N2O4S/c1-10-6-4-15(13,14)3-2-5(6)9-7(10)8(11)12/h2-4H2,1H3,(H,11,12). The monoisotopic (exact) mass is 230 g/mol. The molecule has 0 bridgehead atoms. The van der Waals surface area contributed by atoms with Crippen molar-refractivity contribution in [2.75, 3.05) is 5.75 Å². The lowest BCUT2D eigenvalue weighted by Crippen LogP contribution is -2.20. The van der Waals surface area contributed by atoms with Crippen LogP contribution in [0.15, 0.2) is 0 Å². The summed E-state index contributed by atoms with van der Waals surface area (Å²) in [6, 6.07) is 0. The summed E-state index contributed by atoms with van der Waals surface area (Å²) in [7, 11) is -1.56. The van der Waals surface area contributed by atoms with Gasteiger partial charge in [0.15, 0.2) is 9.84 Å². The summed E-state index contributed by atoms with van der Waals surface area (Å²) in [5.74, 6) is -1.30. The average molecular weight is 230 g/mol. The Labute approximate surface area is 86.5 Å². The van der Waals surface area contributed by atoms with Crippen molar-refractivity contribution in [2.24, 2.45) is 7.05 Å². The Morgan fingerprint density at radius 1 is 1.53 bits per heavy atom. The molecule has 0 unspecified atom stereocenters. The molecule has 0 radical (unpaired) electrons. The van der Waals surface area contributed by atoms with Crippen molar-refractivity contribution in [1.82, 2.24) is 9.55 Å². The minimum absolute atomic E-state index is 0.0517. The number of rotatable bonds is 1. The largest absolute Gasteiger partial charge is 0.475 e. The van der Waals surface area contributed by atoms with Gasteiger partial charge in [0.1, 0.15) is 0 Å². The molecule has 2 heterocycles. The fourth-order valence-electron chi connectivity index (χ4n) is 1.69. The van der Waals surface area contributed by atoms with Gasteiger partial charge < -0.3 is 9.67 Å². The van der Waals surface area contributed by atoms with Crippen LogP contribution in [0.25, 0.3) is 0 Å². The maximum atomic E-state index is 11.4. The van der Waals surface area contributed by atoms with E-state index in [1.165, 1.54) is 11.6 Å². The van der Waals surface area contributed by atoms with Crippen LogP contribution in [0.1, 0.15) is 22.0 Å². The maximum Gasteiger partial charge on any atom is 0.372 e. The molecule has 0 saturated carbocycles. The maximum absolute atomic E-state index is 11.4. The second kappa shape index (κ2) is 3.06. The third kappa shape index (κ3) is 1.63. The number of hydrogen-bond acceptors (Lipinski definition) is 4. The SMILES string of the molecule is Cn1c(C(=O)O)nc2c1CS(=O)(=O)CC2. The highest BCUT2D eigenvalue weighted by atomic mass is 32.2. The van der Waals surface area contributed by atoms with E-state index in [0.29, 0.717) is 17.8 Å². The predicted octanol–water partition coefficient (Wildman–Crippen LogP) is -0.411. The summed E-state index contributed by atoms with van der Waals surface area (Å²) in [4.78, 5) is 14.7. The van der Waals surface area contributed by atoms with Gasteiger partial charge >= 0.3 is 5.97 Å². The van der Waals surface area contributed by atoms with Crippen LogP contribution in [0.5, 0.6) is 0 Å². The van der Waals surface area contributed by atoms with Gasteiger partial charge in [0, 0.05) is 13.5 Å². The third-order valence-electron chi connectivity index (χ3n) is 2.49. The fourth-order valence-corrected chi connectivity index (χ4v) is 3.12. The number of aromatic carboxylic acids is 1. The van der Waals surface area contributed by atoms with E-state index in [1.807, 2.05) is 0 Å². The van der Waals surface area contributed by atoms with E-state index in [1.54, 1.807) is 0 Å². The molecule has 1 aliphatic heterocycles. The zero-order valence-corrected chi connectivity index (χ0v) is 8.91. The minimum atomic E-state index is -3.08. The van der Waals surface area contributed by atoms with Gasteiger partial charge in [-0.05, 0) is 0 Å². The van der Waals surface area contributed by atoms with Crippen LogP contribution in [0, 0.1) is 0 Å². The number of fused-ring (bicyclic) bond motifs is 1. The lowest BCUT2D eigenvalue weighted by molar-refractivity contribution is 0.0679. The van der Waals surface area contributed by atoms with Crippen molar-refractivity contribution in [3.63, 3.8) is 0 Å². The molecule has 82 valence electrons. The van der Waals surface area contributed by atoms with Gasteiger partial charge in [0.05, 0.1) is 22.9 Å². The van der Waals surface area contributed by atoms with E-state index in [0.717, 1.165) is 0 Å². The number of hydrogen-bond donors (Lipinski definition) is 1. The highest BCUT2D eigenvalue weighted by molar-refractivity contribution is 7.90. The number of imidazole rings is 1. The lowest BCUT2D eigenvalue weighted by Gasteiger charge is -2.12. The number of aryl methyl sites for hydroxylation is 1. The quantitative estimate of drug-likeness (QED) is 0.708. The van der Waals surface area contributed by atoms with Gasteiger partial charge in [-0.15, -0.1) is 0 Å². The van der Waals surface area contributed by atoms with Crippen LogP contribution in [0.4, 0.5) is 0 Å². The van der Waals surface area contributed by atoms with Crippen LogP contribution in [0.2, 0.25) is 0 Å². The second-order valence-electron chi connectivity index (χ2n) is 3.53. The van der Waals surface area contributed by atoms with E-state index >= 15 is 0 Å². The molecule has 0 spiro atoms. The third-order valence-corrected chi connectivity index (χ3v) is 4.03. The molecular formula is C8H10N2O4S. The Hall–Kier alpha value is -1.37. The average Bonchev–Trinajstić information content (AvgIpc) is 2.42. The molecule has 1 aromatic heterocycles. The van der Waals surface area contributed by atoms with E-state index in [-0.39, 0.29) is 17.3 Å². The first-order valence-corrected chi connectivity index (χ1v) is 6.21. The van der Waals surface area contributed by atoms with Crippen molar-refractivity contribution in [1.29, 1.82) is 0 Å². The molecule has 1 aromatic rings. The first-order chi connectivity index (χ1) is 6.91. The summed E-state index contributed by atoms with van der Waals surface area (Å²) in [5, 5.41) is 8.81. The molecule has 0 saturated heterocycles. The Kier molecular flexibility index (Phi) is 2.07. The summed E-state index contributed by atoms with van der Waals surface area (Å²) >= 11 is 0. The molecule has 2 rings (SSSR count). The van der Waals surface area contributed by atoms with Gasteiger partial charge in [0.2, 0.25) is 5.82 Å². The second-order valence-corrected chi connectivity index (χ2v) is 5.72. The van der Waals surface area contributed by atoms with E-state index < -0.39 is 15.8 Å². The lowest BCUT2D eigenvalue weighted by atomic mass is 10.3. The molecule has 15 heavy (non-hydrogen) atoms. The molecule has 0 aromatic carbocycles. The Morgan fingerprint density at radius 3 is 2.80 bits per heavy atom. The summed E-state index contributed by atoms with van der Waals surface area (Å²) in [5.41, 5.74) is 1.09. The zero-order chi connectivity index (χ0) is 11.2. The Balaban J connectivity index is 2.56. The van der Waals surface area contributed by atoms with Gasteiger partial charge in [0.25, 0.3) is 0 Å². The normalized spacial score (nSPS) is 18.5. The topological polar surface area (TPSA) is 89.3 Å². The number of carboxylic acid groups (broad SMARTS) is 1. The smallest absolute Gasteiger partial charge is 0.372 e. The Bertz CT molecular complexity index is 529. The van der Waals surface area contributed by atoms with Crippen LogP contribution >= 0.6 is 0 Å². The van der Waals surface area contributed by atoms with Crippen LogP contribution in [0.3, 0.4) is 0 Å². The van der Waals surface area contributed by atoms with Crippen molar-refractivity contribution < 1.29 is 18.3 Å².